The summed E-state index contributed by atoms with van der Waals surface area (Å²) >= 11 is 3.10. The van der Waals surface area contributed by atoms with Gasteiger partial charge in [-0.25, -0.2) is 4.79 Å². The first-order chi connectivity index (χ1) is 6.42. The van der Waals surface area contributed by atoms with Crippen molar-refractivity contribution in [3.63, 3.8) is 0 Å². The summed E-state index contributed by atoms with van der Waals surface area (Å²) in [6.45, 7) is -0.105. The van der Waals surface area contributed by atoms with Gasteiger partial charge in [-0.1, -0.05) is 15.9 Å². The van der Waals surface area contributed by atoms with Crippen molar-refractivity contribution in [2.75, 3.05) is 18.4 Å². The van der Waals surface area contributed by atoms with Gasteiger partial charge in [0.15, 0.2) is 0 Å². The van der Waals surface area contributed by atoms with Crippen molar-refractivity contribution in [1.29, 1.82) is 0 Å². The summed E-state index contributed by atoms with van der Waals surface area (Å²) in [5.41, 5.74) is 0. The number of alkyl halides is 4. The molecule has 1 fully saturated rings. The zero-order valence-electron chi connectivity index (χ0n) is 7.18. The zero-order chi connectivity index (χ0) is 10.8. The molecule has 0 aliphatic carbocycles. The summed E-state index contributed by atoms with van der Waals surface area (Å²) in [5.74, 6) is 0. The van der Waals surface area contributed by atoms with Crippen LogP contribution < -0.4 is 0 Å². The van der Waals surface area contributed by atoms with E-state index >= 15 is 0 Å². The minimum absolute atomic E-state index is 0.222. The van der Waals surface area contributed by atoms with Crippen molar-refractivity contribution in [2.24, 2.45) is 0 Å². The number of amides is 1. The minimum atomic E-state index is -4.23. The van der Waals surface area contributed by atoms with Crippen molar-refractivity contribution >= 4 is 22.0 Å². The average molecular weight is 276 g/mol. The van der Waals surface area contributed by atoms with Crippen LogP contribution in [0.4, 0.5) is 18.0 Å². The molecule has 1 aliphatic rings. The molecule has 1 unspecified atom stereocenters. The highest BCUT2D eigenvalue weighted by atomic mass is 79.9. The highest BCUT2D eigenvalue weighted by Gasteiger charge is 2.34. The molecule has 1 saturated heterocycles. The molecule has 0 saturated carbocycles. The van der Waals surface area contributed by atoms with Crippen LogP contribution in [0, 0.1) is 0 Å². The van der Waals surface area contributed by atoms with Gasteiger partial charge in [-0.15, -0.1) is 0 Å². The number of hydrogen-bond acceptors (Lipinski definition) is 2. The molecular weight excluding hydrogens is 267 g/mol. The lowest BCUT2D eigenvalue weighted by atomic mass is 10.3. The van der Waals surface area contributed by atoms with Crippen LogP contribution in [0.3, 0.4) is 0 Å². The molecule has 1 atom stereocenters. The van der Waals surface area contributed by atoms with Crippen LogP contribution in [0.1, 0.15) is 6.42 Å². The predicted molar refractivity (Wildman–Crippen MR) is 46.3 cm³/mol. The topological polar surface area (TPSA) is 29.5 Å². The monoisotopic (exact) mass is 275 g/mol. The van der Waals surface area contributed by atoms with E-state index in [-0.39, 0.29) is 19.2 Å². The van der Waals surface area contributed by atoms with Gasteiger partial charge < -0.3 is 9.64 Å². The molecule has 1 aliphatic heterocycles. The molecule has 0 aromatic heterocycles. The van der Waals surface area contributed by atoms with Crippen LogP contribution in [0.2, 0.25) is 0 Å². The second-order valence-corrected chi connectivity index (χ2v) is 3.62. The Hall–Kier alpha value is -0.460. The second kappa shape index (κ2) is 4.37. The van der Waals surface area contributed by atoms with Crippen molar-refractivity contribution < 1.29 is 22.7 Å². The van der Waals surface area contributed by atoms with Crippen LogP contribution in [-0.2, 0) is 4.74 Å². The molecule has 0 aromatic rings. The van der Waals surface area contributed by atoms with Gasteiger partial charge in [-0.2, -0.15) is 13.2 Å². The highest BCUT2D eigenvalue weighted by molar-refractivity contribution is 9.09. The summed E-state index contributed by atoms with van der Waals surface area (Å²) in [5, 5.41) is 0.446. The van der Waals surface area contributed by atoms with E-state index in [1.54, 1.807) is 0 Å². The summed E-state index contributed by atoms with van der Waals surface area (Å²) in [7, 11) is 0. The van der Waals surface area contributed by atoms with Crippen LogP contribution >= 0.6 is 15.9 Å². The van der Waals surface area contributed by atoms with Crippen molar-refractivity contribution in [1.82, 2.24) is 4.90 Å². The van der Waals surface area contributed by atoms with Gasteiger partial charge in [0, 0.05) is 11.9 Å². The number of halogens is 4. The molecule has 0 spiro atoms. The standard InChI is InChI=1S/C7H9BrF3NO2/c8-3-5-4-12(6(13)14-5)2-1-7(9,10)11/h5H,1-4H2. The van der Waals surface area contributed by atoms with E-state index in [1.165, 1.54) is 0 Å². The van der Waals surface area contributed by atoms with Crippen LogP contribution in [0.15, 0.2) is 0 Å². The van der Waals surface area contributed by atoms with E-state index < -0.39 is 18.7 Å². The first-order valence-electron chi connectivity index (χ1n) is 4.00. The molecule has 14 heavy (non-hydrogen) atoms. The first kappa shape index (κ1) is 11.6. The Balaban J connectivity index is 2.36. The highest BCUT2D eigenvalue weighted by Crippen LogP contribution is 2.22. The molecule has 1 amide bonds. The van der Waals surface area contributed by atoms with E-state index in [0.717, 1.165) is 4.90 Å². The fraction of sp³-hybridized carbons (Fsp3) is 0.857. The number of rotatable bonds is 3. The summed E-state index contributed by atoms with van der Waals surface area (Å²) < 4.78 is 40.2. The number of ether oxygens (including phenoxy) is 1. The molecular formula is C7H9BrF3NO2. The van der Waals surface area contributed by atoms with Gasteiger partial charge in [-0.3, -0.25) is 0 Å². The third-order valence-electron chi connectivity index (χ3n) is 1.79. The fourth-order valence-corrected chi connectivity index (χ4v) is 1.44. The Morgan fingerprint density at radius 3 is 2.64 bits per heavy atom. The normalized spacial score (nSPS) is 22.7. The van der Waals surface area contributed by atoms with E-state index in [0.29, 0.717) is 5.33 Å². The Bertz CT molecular complexity index is 221. The minimum Gasteiger partial charge on any atom is -0.443 e. The largest absolute Gasteiger partial charge is 0.443 e. The van der Waals surface area contributed by atoms with E-state index in [2.05, 4.69) is 15.9 Å². The number of nitrogens with zero attached hydrogens (tertiary/aromatic N) is 1. The summed E-state index contributed by atoms with van der Waals surface area (Å²) in [6.07, 6.45) is -6.22. The molecule has 1 rings (SSSR count). The van der Waals surface area contributed by atoms with Crippen LogP contribution in [0.5, 0.6) is 0 Å². The SMILES string of the molecule is O=C1OC(CBr)CN1CCC(F)(F)F. The van der Waals surface area contributed by atoms with Gasteiger partial charge in [0.2, 0.25) is 0 Å². The molecule has 0 bridgehead atoms. The fourth-order valence-electron chi connectivity index (χ4n) is 1.10. The Morgan fingerprint density at radius 2 is 2.21 bits per heavy atom. The van der Waals surface area contributed by atoms with Gasteiger partial charge in [0.25, 0.3) is 0 Å². The van der Waals surface area contributed by atoms with Crippen LogP contribution in [-0.4, -0.2) is 41.7 Å². The van der Waals surface area contributed by atoms with E-state index in [4.69, 9.17) is 4.74 Å². The van der Waals surface area contributed by atoms with Crippen LogP contribution in [0.25, 0.3) is 0 Å². The molecule has 0 radical (unpaired) electrons. The Kier molecular flexibility index (Phi) is 3.63. The molecule has 3 nitrogen and oxygen atoms in total. The van der Waals surface area contributed by atoms with Gasteiger partial charge in [0.05, 0.1) is 13.0 Å². The van der Waals surface area contributed by atoms with E-state index in [9.17, 15) is 18.0 Å². The smallest absolute Gasteiger partial charge is 0.410 e. The number of carbonyl (C=O) groups is 1. The Labute approximate surface area is 87.3 Å². The van der Waals surface area contributed by atoms with Gasteiger partial charge >= 0.3 is 12.3 Å². The molecule has 7 heteroatoms. The number of cyclic esters (lactones) is 1. The van der Waals surface area contributed by atoms with Gasteiger partial charge in [0.1, 0.15) is 6.10 Å². The predicted octanol–water partition coefficient (Wildman–Crippen LogP) is 2.15. The maximum atomic E-state index is 11.8. The number of carbonyl (C=O) groups excluding carboxylic acids is 1. The van der Waals surface area contributed by atoms with E-state index in [1.807, 2.05) is 0 Å². The van der Waals surface area contributed by atoms with Crippen molar-refractivity contribution in [3.05, 3.63) is 0 Å². The lowest BCUT2D eigenvalue weighted by molar-refractivity contribution is -0.136. The molecule has 82 valence electrons. The molecule has 1 heterocycles. The van der Waals surface area contributed by atoms with Gasteiger partial charge in [-0.05, 0) is 0 Å². The first-order valence-corrected chi connectivity index (χ1v) is 5.13. The third-order valence-corrected chi connectivity index (χ3v) is 2.51. The average Bonchev–Trinajstić information content (AvgIpc) is 2.42. The maximum Gasteiger partial charge on any atom is 0.410 e. The molecule has 0 aromatic carbocycles. The molecule has 0 N–H and O–H groups in total. The summed E-state index contributed by atoms with van der Waals surface area (Å²) in [4.78, 5) is 12.0. The Morgan fingerprint density at radius 1 is 1.57 bits per heavy atom. The quantitative estimate of drug-likeness (QED) is 0.739. The van der Waals surface area contributed by atoms with Crippen molar-refractivity contribution in [2.45, 2.75) is 18.7 Å². The lowest BCUT2D eigenvalue weighted by Gasteiger charge is -2.13. The maximum absolute atomic E-state index is 11.8. The second-order valence-electron chi connectivity index (χ2n) is 2.97. The van der Waals surface area contributed by atoms with Crippen molar-refractivity contribution in [3.8, 4) is 0 Å². The number of hydrogen-bond donors (Lipinski definition) is 0. The lowest BCUT2D eigenvalue weighted by Crippen LogP contribution is -2.29. The zero-order valence-corrected chi connectivity index (χ0v) is 8.77. The third kappa shape index (κ3) is 3.36. The summed E-state index contributed by atoms with van der Waals surface area (Å²) in [6, 6.07) is 0.